The number of nitrogens with zero attached hydrogens (tertiary/aromatic N) is 1. The van der Waals surface area contributed by atoms with Crippen LogP contribution in [0.5, 0.6) is 5.75 Å². The maximum Gasteiger partial charge on any atom is 0.174 e. The van der Waals surface area contributed by atoms with E-state index < -0.39 is 0 Å². The van der Waals surface area contributed by atoms with E-state index in [1.54, 1.807) is 0 Å². The fraction of sp³-hybridized carbons (Fsp3) is 0.588. The van der Waals surface area contributed by atoms with Gasteiger partial charge in [0.15, 0.2) is 6.61 Å². The summed E-state index contributed by atoms with van der Waals surface area (Å²) in [6, 6.07) is 9.90. The third-order valence-corrected chi connectivity index (χ3v) is 3.24. The Kier molecular flexibility index (Phi) is 9.34. The van der Waals surface area contributed by atoms with Gasteiger partial charge < -0.3 is 10.1 Å². The van der Waals surface area contributed by atoms with Crippen LogP contribution in [0.15, 0.2) is 24.3 Å². The predicted octanol–water partition coefficient (Wildman–Crippen LogP) is 4.04. The maximum atomic E-state index is 8.49. The lowest BCUT2D eigenvalue weighted by Gasteiger charge is -2.07. The summed E-state index contributed by atoms with van der Waals surface area (Å²) in [6.45, 7) is 4.28. The van der Waals surface area contributed by atoms with Gasteiger partial charge in [-0.1, -0.05) is 51.2 Å². The molecule has 1 aromatic carbocycles. The molecule has 0 spiro atoms. The van der Waals surface area contributed by atoms with Crippen molar-refractivity contribution < 1.29 is 4.74 Å². The average Bonchev–Trinajstić information content (AvgIpc) is 2.48. The molecule has 3 nitrogen and oxygen atoms in total. The third kappa shape index (κ3) is 7.81. The second-order valence-electron chi connectivity index (χ2n) is 5.04. The topological polar surface area (TPSA) is 45.0 Å². The van der Waals surface area contributed by atoms with Crippen molar-refractivity contribution in [2.75, 3.05) is 13.2 Å². The standard InChI is InChI=1S/C17H26N2O/c1-2-3-4-5-6-7-12-19-15-16-9-8-10-17(14-16)20-13-11-18/h8-10,14,19H,2-7,12-13,15H2,1H3. The Morgan fingerprint density at radius 3 is 2.75 bits per heavy atom. The molecule has 0 fully saturated rings. The molecule has 1 rings (SSSR count). The van der Waals surface area contributed by atoms with E-state index in [-0.39, 0.29) is 6.61 Å². The minimum atomic E-state index is 0.106. The average molecular weight is 274 g/mol. The minimum absolute atomic E-state index is 0.106. The largest absolute Gasteiger partial charge is 0.479 e. The Morgan fingerprint density at radius 2 is 1.95 bits per heavy atom. The van der Waals surface area contributed by atoms with Crippen LogP contribution in [0.1, 0.15) is 51.0 Å². The summed E-state index contributed by atoms with van der Waals surface area (Å²) < 4.78 is 5.29. The summed E-state index contributed by atoms with van der Waals surface area (Å²) in [5, 5.41) is 11.9. The van der Waals surface area contributed by atoms with Gasteiger partial charge in [-0.2, -0.15) is 5.26 Å². The molecular formula is C17H26N2O. The van der Waals surface area contributed by atoms with Crippen molar-refractivity contribution in [3.8, 4) is 11.8 Å². The highest BCUT2D eigenvalue weighted by atomic mass is 16.5. The zero-order valence-corrected chi connectivity index (χ0v) is 12.5. The van der Waals surface area contributed by atoms with Gasteiger partial charge in [0.25, 0.3) is 0 Å². The summed E-state index contributed by atoms with van der Waals surface area (Å²) in [4.78, 5) is 0. The number of ether oxygens (including phenoxy) is 1. The van der Waals surface area contributed by atoms with Gasteiger partial charge in [-0.3, -0.25) is 0 Å². The fourth-order valence-corrected chi connectivity index (χ4v) is 2.12. The molecule has 0 aliphatic carbocycles. The predicted molar refractivity (Wildman–Crippen MR) is 82.6 cm³/mol. The molecule has 20 heavy (non-hydrogen) atoms. The number of nitrogens with one attached hydrogen (secondary N) is 1. The first-order valence-corrected chi connectivity index (χ1v) is 7.66. The van der Waals surface area contributed by atoms with Crippen LogP contribution in [0.2, 0.25) is 0 Å². The van der Waals surface area contributed by atoms with Crippen LogP contribution in [-0.4, -0.2) is 13.2 Å². The molecular weight excluding hydrogens is 248 g/mol. The van der Waals surface area contributed by atoms with Gasteiger partial charge in [-0.15, -0.1) is 0 Å². The number of rotatable bonds is 11. The van der Waals surface area contributed by atoms with E-state index in [1.807, 2.05) is 24.3 Å². The fourth-order valence-electron chi connectivity index (χ4n) is 2.12. The molecule has 1 aromatic rings. The third-order valence-electron chi connectivity index (χ3n) is 3.24. The molecule has 0 aliphatic rings. The van der Waals surface area contributed by atoms with Crippen molar-refractivity contribution in [2.24, 2.45) is 0 Å². The van der Waals surface area contributed by atoms with Gasteiger partial charge in [0, 0.05) is 6.54 Å². The summed E-state index contributed by atoms with van der Waals surface area (Å²) in [7, 11) is 0. The molecule has 0 heterocycles. The highest BCUT2D eigenvalue weighted by Crippen LogP contribution is 2.13. The smallest absolute Gasteiger partial charge is 0.174 e. The quantitative estimate of drug-likeness (QED) is 0.619. The van der Waals surface area contributed by atoms with Crippen molar-refractivity contribution in [3.63, 3.8) is 0 Å². The summed E-state index contributed by atoms with van der Waals surface area (Å²) in [6.07, 6.45) is 7.96. The van der Waals surface area contributed by atoms with Crippen molar-refractivity contribution >= 4 is 0 Å². The lowest BCUT2D eigenvalue weighted by atomic mass is 10.1. The Labute approximate surface area is 123 Å². The number of hydrogen-bond acceptors (Lipinski definition) is 3. The molecule has 3 heteroatoms. The van der Waals surface area contributed by atoms with Crippen LogP contribution in [0, 0.1) is 11.3 Å². The molecule has 0 aromatic heterocycles. The molecule has 0 aliphatic heterocycles. The molecule has 0 amide bonds. The molecule has 0 atom stereocenters. The van der Waals surface area contributed by atoms with Crippen LogP contribution in [0.3, 0.4) is 0 Å². The number of unbranched alkanes of at least 4 members (excludes halogenated alkanes) is 5. The molecule has 0 saturated heterocycles. The molecule has 1 N–H and O–H groups in total. The number of hydrogen-bond donors (Lipinski definition) is 1. The summed E-state index contributed by atoms with van der Waals surface area (Å²) in [5.41, 5.74) is 1.20. The summed E-state index contributed by atoms with van der Waals surface area (Å²) in [5.74, 6) is 0.769. The maximum absolute atomic E-state index is 8.49. The van der Waals surface area contributed by atoms with E-state index in [1.165, 1.54) is 44.1 Å². The number of benzene rings is 1. The molecule has 0 unspecified atom stereocenters. The minimum Gasteiger partial charge on any atom is -0.479 e. The zero-order valence-electron chi connectivity index (χ0n) is 12.5. The lowest BCUT2D eigenvalue weighted by Crippen LogP contribution is -2.14. The van der Waals surface area contributed by atoms with Gasteiger partial charge in [-0.25, -0.2) is 0 Å². The van der Waals surface area contributed by atoms with Gasteiger partial charge >= 0.3 is 0 Å². The van der Waals surface area contributed by atoms with E-state index in [0.717, 1.165) is 18.8 Å². The van der Waals surface area contributed by atoms with Gasteiger partial charge in [0.05, 0.1) is 0 Å². The van der Waals surface area contributed by atoms with Crippen LogP contribution in [0.4, 0.5) is 0 Å². The van der Waals surface area contributed by atoms with E-state index >= 15 is 0 Å². The first-order chi connectivity index (χ1) is 9.86. The van der Waals surface area contributed by atoms with Gasteiger partial charge in [0.1, 0.15) is 11.8 Å². The molecule has 0 saturated carbocycles. The Bertz CT molecular complexity index is 398. The monoisotopic (exact) mass is 274 g/mol. The molecule has 110 valence electrons. The Hall–Kier alpha value is -1.53. The second-order valence-corrected chi connectivity index (χ2v) is 5.04. The van der Waals surface area contributed by atoms with Crippen molar-refractivity contribution in [3.05, 3.63) is 29.8 Å². The highest BCUT2D eigenvalue weighted by Gasteiger charge is 1.97. The van der Waals surface area contributed by atoms with E-state index in [9.17, 15) is 0 Å². The normalized spacial score (nSPS) is 10.2. The van der Waals surface area contributed by atoms with Gasteiger partial charge in [-0.05, 0) is 30.7 Å². The first-order valence-electron chi connectivity index (χ1n) is 7.66. The van der Waals surface area contributed by atoms with Crippen LogP contribution in [0.25, 0.3) is 0 Å². The highest BCUT2D eigenvalue weighted by molar-refractivity contribution is 5.28. The van der Waals surface area contributed by atoms with Crippen LogP contribution in [-0.2, 0) is 6.54 Å². The lowest BCUT2D eigenvalue weighted by molar-refractivity contribution is 0.367. The summed E-state index contributed by atoms with van der Waals surface area (Å²) >= 11 is 0. The first kappa shape index (κ1) is 16.5. The molecule has 0 radical (unpaired) electrons. The SMILES string of the molecule is CCCCCCCCNCc1cccc(OCC#N)c1. The Balaban J connectivity index is 2.11. The van der Waals surface area contributed by atoms with Crippen molar-refractivity contribution in [1.82, 2.24) is 5.32 Å². The molecule has 0 bridgehead atoms. The van der Waals surface area contributed by atoms with Gasteiger partial charge in [0.2, 0.25) is 0 Å². The number of nitriles is 1. The second kappa shape index (κ2) is 11.3. The van der Waals surface area contributed by atoms with E-state index in [0.29, 0.717) is 0 Å². The van der Waals surface area contributed by atoms with E-state index in [4.69, 9.17) is 10.00 Å². The Morgan fingerprint density at radius 1 is 1.15 bits per heavy atom. The van der Waals surface area contributed by atoms with Crippen molar-refractivity contribution in [1.29, 1.82) is 5.26 Å². The van der Waals surface area contributed by atoms with Crippen molar-refractivity contribution in [2.45, 2.75) is 52.0 Å². The van der Waals surface area contributed by atoms with Crippen LogP contribution < -0.4 is 10.1 Å². The zero-order chi connectivity index (χ0) is 14.5. The van der Waals surface area contributed by atoms with Crippen LogP contribution >= 0.6 is 0 Å². The van der Waals surface area contributed by atoms with E-state index in [2.05, 4.69) is 18.3 Å².